The normalized spacial score (nSPS) is 21.3. The zero-order valence-corrected chi connectivity index (χ0v) is 17.2. The number of nitrogens with one attached hydrogen (secondary N) is 2. The summed E-state index contributed by atoms with van der Waals surface area (Å²) in [4.78, 5) is 12.5. The lowest BCUT2D eigenvalue weighted by Crippen LogP contribution is -2.46. The number of carbonyl (C=O) groups is 1. The van der Waals surface area contributed by atoms with Crippen molar-refractivity contribution in [1.82, 2.24) is 4.72 Å². The average Bonchev–Trinajstić information content (AvgIpc) is 2.54. The van der Waals surface area contributed by atoms with Crippen LogP contribution in [0.2, 0.25) is 5.02 Å². The van der Waals surface area contributed by atoms with Crippen LogP contribution in [0.15, 0.2) is 18.2 Å². The van der Waals surface area contributed by atoms with Gasteiger partial charge in [-0.25, -0.2) is 13.1 Å². The lowest BCUT2D eigenvalue weighted by atomic mass is 9.86. The van der Waals surface area contributed by atoms with Crippen molar-refractivity contribution in [3.8, 4) is 5.75 Å². The molecule has 2 rings (SSSR count). The highest BCUT2D eigenvalue weighted by molar-refractivity contribution is 7.90. The molecule has 1 aromatic carbocycles. The standard InChI is InChI=1S/C18H27ClN2O4S/c1-18(2,3)26(23,24)21-13-7-5-12(6-8-13)17(22)20-14-9-10-16(25-4)15(19)11-14/h9-13,21H,5-8H2,1-4H3,(H,20,22)/t12-,13-. The third kappa shape index (κ3) is 5.11. The number of amides is 1. The van der Waals surface area contributed by atoms with Gasteiger partial charge in [0.1, 0.15) is 5.75 Å². The first kappa shape index (κ1) is 21.0. The highest BCUT2D eigenvalue weighted by Gasteiger charge is 2.34. The number of hydrogen-bond donors (Lipinski definition) is 2. The number of rotatable bonds is 5. The van der Waals surface area contributed by atoms with E-state index in [4.69, 9.17) is 16.3 Å². The summed E-state index contributed by atoms with van der Waals surface area (Å²) in [6.07, 6.45) is 2.59. The van der Waals surface area contributed by atoms with Gasteiger partial charge in [-0.1, -0.05) is 11.6 Å². The van der Waals surface area contributed by atoms with Crippen molar-refractivity contribution in [2.24, 2.45) is 5.92 Å². The molecule has 0 spiro atoms. The maximum Gasteiger partial charge on any atom is 0.227 e. The fourth-order valence-corrected chi connectivity index (χ4v) is 4.14. The molecule has 1 aromatic rings. The van der Waals surface area contributed by atoms with Gasteiger partial charge in [0.05, 0.1) is 16.9 Å². The monoisotopic (exact) mass is 402 g/mol. The zero-order chi connectivity index (χ0) is 19.5. The first-order valence-corrected chi connectivity index (χ1v) is 10.6. The third-order valence-corrected chi connectivity index (χ3v) is 7.20. The van der Waals surface area contributed by atoms with Crippen molar-refractivity contribution in [2.75, 3.05) is 12.4 Å². The van der Waals surface area contributed by atoms with Gasteiger partial charge >= 0.3 is 0 Å². The minimum absolute atomic E-state index is 0.0663. The van der Waals surface area contributed by atoms with Gasteiger partial charge in [0.2, 0.25) is 15.9 Å². The molecule has 1 aliphatic rings. The summed E-state index contributed by atoms with van der Waals surface area (Å²) in [6, 6.07) is 4.99. The van der Waals surface area contributed by atoms with Gasteiger partial charge in [-0.3, -0.25) is 4.79 Å². The molecule has 1 amide bonds. The molecule has 6 nitrogen and oxygen atoms in total. The smallest absolute Gasteiger partial charge is 0.227 e. The molecular weight excluding hydrogens is 376 g/mol. The fraction of sp³-hybridized carbons (Fsp3) is 0.611. The Morgan fingerprint density at radius 2 is 1.81 bits per heavy atom. The molecule has 1 aliphatic carbocycles. The minimum atomic E-state index is -3.37. The van der Waals surface area contributed by atoms with Crippen LogP contribution in [0.1, 0.15) is 46.5 Å². The van der Waals surface area contributed by atoms with Crippen LogP contribution in [0.3, 0.4) is 0 Å². The summed E-state index contributed by atoms with van der Waals surface area (Å²) in [5.74, 6) is 0.353. The summed E-state index contributed by atoms with van der Waals surface area (Å²) in [6.45, 7) is 5.02. The molecule has 0 unspecified atom stereocenters. The molecule has 1 fully saturated rings. The van der Waals surface area contributed by atoms with E-state index in [1.165, 1.54) is 7.11 Å². The molecule has 0 heterocycles. The minimum Gasteiger partial charge on any atom is -0.495 e. The van der Waals surface area contributed by atoms with Crippen LogP contribution in [0.5, 0.6) is 5.75 Å². The lowest BCUT2D eigenvalue weighted by molar-refractivity contribution is -0.120. The number of hydrogen-bond acceptors (Lipinski definition) is 4. The van der Waals surface area contributed by atoms with Gasteiger partial charge in [-0.15, -0.1) is 0 Å². The molecule has 2 N–H and O–H groups in total. The molecule has 0 atom stereocenters. The van der Waals surface area contributed by atoms with Crippen LogP contribution in [0, 0.1) is 5.92 Å². The Hall–Kier alpha value is -1.31. The Labute approximate surface area is 160 Å². The highest BCUT2D eigenvalue weighted by Crippen LogP contribution is 2.30. The number of ether oxygens (including phenoxy) is 1. The van der Waals surface area contributed by atoms with E-state index >= 15 is 0 Å². The van der Waals surface area contributed by atoms with E-state index in [2.05, 4.69) is 10.0 Å². The molecule has 146 valence electrons. The fourth-order valence-electron chi connectivity index (χ4n) is 2.86. The third-order valence-electron chi connectivity index (χ3n) is 4.65. The quantitative estimate of drug-likeness (QED) is 0.788. The second-order valence-electron chi connectivity index (χ2n) is 7.62. The average molecular weight is 403 g/mol. The van der Waals surface area contributed by atoms with Crippen LogP contribution in [-0.4, -0.2) is 32.2 Å². The maximum absolute atomic E-state index is 12.5. The number of methoxy groups -OCH3 is 1. The Kier molecular flexibility index (Phi) is 6.58. The Balaban J connectivity index is 1.89. The molecule has 0 aromatic heterocycles. The molecule has 0 saturated heterocycles. The highest BCUT2D eigenvalue weighted by atomic mass is 35.5. The topological polar surface area (TPSA) is 84.5 Å². The van der Waals surface area contributed by atoms with Crippen molar-refractivity contribution in [3.05, 3.63) is 23.2 Å². The predicted octanol–water partition coefficient (Wildman–Crippen LogP) is 3.56. The molecular formula is C18H27ClN2O4S. The van der Waals surface area contributed by atoms with Crippen LogP contribution in [0.4, 0.5) is 5.69 Å². The summed E-state index contributed by atoms with van der Waals surface area (Å²) < 4.78 is 31.5. The van der Waals surface area contributed by atoms with Gasteiger partial charge in [0.25, 0.3) is 0 Å². The Bertz CT molecular complexity index is 751. The molecule has 8 heteroatoms. The number of halogens is 1. The Morgan fingerprint density at radius 3 is 2.31 bits per heavy atom. The van der Waals surface area contributed by atoms with Gasteiger partial charge in [0.15, 0.2) is 0 Å². The van der Waals surface area contributed by atoms with E-state index in [1.807, 2.05) is 0 Å². The summed E-state index contributed by atoms with van der Waals surface area (Å²) >= 11 is 6.07. The van der Waals surface area contributed by atoms with Gasteiger partial charge in [0, 0.05) is 17.6 Å². The first-order chi connectivity index (χ1) is 12.0. The van der Waals surface area contributed by atoms with E-state index in [0.717, 1.165) is 0 Å². The molecule has 0 aliphatic heterocycles. The van der Waals surface area contributed by atoms with Crippen molar-refractivity contribution in [2.45, 2.75) is 57.2 Å². The van der Waals surface area contributed by atoms with E-state index in [-0.39, 0.29) is 17.9 Å². The number of sulfonamides is 1. The van der Waals surface area contributed by atoms with E-state index < -0.39 is 14.8 Å². The van der Waals surface area contributed by atoms with Gasteiger partial charge in [-0.05, 0) is 64.7 Å². The molecule has 1 saturated carbocycles. The van der Waals surface area contributed by atoms with Crippen molar-refractivity contribution >= 4 is 33.2 Å². The molecule has 26 heavy (non-hydrogen) atoms. The van der Waals surface area contributed by atoms with E-state index in [0.29, 0.717) is 42.1 Å². The van der Waals surface area contributed by atoms with Gasteiger partial charge < -0.3 is 10.1 Å². The van der Waals surface area contributed by atoms with Crippen LogP contribution >= 0.6 is 11.6 Å². The van der Waals surface area contributed by atoms with Crippen LogP contribution in [0.25, 0.3) is 0 Å². The van der Waals surface area contributed by atoms with Crippen molar-refractivity contribution in [3.63, 3.8) is 0 Å². The summed E-state index contributed by atoms with van der Waals surface area (Å²) in [5, 5.41) is 3.31. The van der Waals surface area contributed by atoms with E-state index in [9.17, 15) is 13.2 Å². The van der Waals surface area contributed by atoms with Crippen LogP contribution in [-0.2, 0) is 14.8 Å². The predicted molar refractivity (Wildman–Crippen MR) is 104 cm³/mol. The van der Waals surface area contributed by atoms with Crippen molar-refractivity contribution in [1.29, 1.82) is 0 Å². The SMILES string of the molecule is COc1ccc(NC(=O)[C@H]2CC[C@H](NS(=O)(=O)C(C)(C)C)CC2)cc1Cl. The van der Waals surface area contributed by atoms with Crippen molar-refractivity contribution < 1.29 is 17.9 Å². The summed E-state index contributed by atoms with van der Waals surface area (Å²) in [5.41, 5.74) is 0.622. The Morgan fingerprint density at radius 1 is 1.19 bits per heavy atom. The van der Waals surface area contributed by atoms with E-state index in [1.54, 1.807) is 39.0 Å². The second-order valence-corrected chi connectivity index (χ2v) is 10.5. The maximum atomic E-state index is 12.5. The molecule has 0 bridgehead atoms. The largest absolute Gasteiger partial charge is 0.495 e. The lowest BCUT2D eigenvalue weighted by Gasteiger charge is -2.30. The molecule has 0 radical (unpaired) electrons. The summed E-state index contributed by atoms with van der Waals surface area (Å²) in [7, 11) is -1.84. The number of benzene rings is 1. The first-order valence-electron chi connectivity index (χ1n) is 8.70. The van der Waals surface area contributed by atoms with Gasteiger partial charge in [-0.2, -0.15) is 0 Å². The second kappa shape index (κ2) is 8.15. The number of carbonyl (C=O) groups excluding carboxylic acids is 1. The van der Waals surface area contributed by atoms with Crippen LogP contribution < -0.4 is 14.8 Å². The zero-order valence-electron chi connectivity index (χ0n) is 15.6. The number of anilines is 1.